The van der Waals surface area contributed by atoms with E-state index in [1.54, 1.807) is 18.2 Å². The van der Waals surface area contributed by atoms with Gasteiger partial charge in [0, 0.05) is 36.9 Å². The highest BCUT2D eigenvalue weighted by molar-refractivity contribution is 7.90. The molecule has 0 aliphatic heterocycles. The van der Waals surface area contributed by atoms with Crippen LogP contribution in [0.4, 0.5) is 5.69 Å². The molecule has 0 unspecified atom stereocenters. The predicted octanol–water partition coefficient (Wildman–Crippen LogP) is 2.66. The van der Waals surface area contributed by atoms with E-state index in [-0.39, 0.29) is 0 Å². The normalized spacial score (nSPS) is 11.6. The molecule has 0 radical (unpaired) electrons. The zero-order valence-corrected chi connectivity index (χ0v) is 13.1. The first-order chi connectivity index (χ1) is 9.29. The van der Waals surface area contributed by atoms with Gasteiger partial charge >= 0.3 is 0 Å². The van der Waals surface area contributed by atoms with Gasteiger partial charge in [-0.3, -0.25) is 0 Å². The number of hydrogen-bond donors (Lipinski definition) is 1. The van der Waals surface area contributed by atoms with E-state index < -0.39 is 9.84 Å². The van der Waals surface area contributed by atoms with E-state index in [0.29, 0.717) is 11.4 Å². The minimum Gasteiger partial charge on any atom is -0.381 e. The Bertz CT molecular complexity index is 730. The summed E-state index contributed by atoms with van der Waals surface area (Å²) in [4.78, 5) is 0.337. The molecule has 108 valence electrons. The second-order valence-corrected chi connectivity index (χ2v) is 7.12. The maximum Gasteiger partial charge on any atom is 0.175 e. The predicted molar refractivity (Wildman–Crippen MR) is 81.8 cm³/mol. The molecule has 0 fully saturated rings. The molecule has 1 aromatic heterocycles. The van der Waals surface area contributed by atoms with Gasteiger partial charge in [-0.15, -0.1) is 0 Å². The first-order valence-electron chi connectivity index (χ1n) is 6.45. The Kier molecular flexibility index (Phi) is 3.90. The quantitative estimate of drug-likeness (QED) is 0.942. The van der Waals surface area contributed by atoms with Gasteiger partial charge in [-0.05, 0) is 43.7 Å². The highest BCUT2D eigenvalue weighted by Crippen LogP contribution is 2.18. The van der Waals surface area contributed by atoms with Crippen molar-refractivity contribution in [2.75, 3.05) is 11.6 Å². The van der Waals surface area contributed by atoms with Crippen LogP contribution in [0.25, 0.3) is 0 Å². The Morgan fingerprint density at radius 2 is 1.90 bits per heavy atom. The van der Waals surface area contributed by atoms with E-state index in [2.05, 4.69) is 29.8 Å². The van der Waals surface area contributed by atoms with Crippen molar-refractivity contribution >= 4 is 15.5 Å². The van der Waals surface area contributed by atoms with Crippen molar-refractivity contribution in [1.82, 2.24) is 4.57 Å². The van der Waals surface area contributed by atoms with Gasteiger partial charge in [0.1, 0.15) is 0 Å². The van der Waals surface area contributed by atoms with Crippen LogP contribution in [-0.4, -0.2) is 19.2 Å². The molecule has 1 aromatic carbocycles. The number of nitrogens with zero attached hydrogens (tertiary/aromatic N) is 1. The molecule has 4 nitrogen and oxygen atoms in total. The van der Waals surface area contributed by atoms with E-state index in [1.165, 1.54) is 23.2 Å². The molecular weight excluding hydrogens is 272 g/mol. The molecule has 2 rings (SSSR count). The van der Waals surface area contributed by atoms with Crippen LogP contribution in [-0.2, 0) is 23.4 Å². The van der Waals surface area contributed by atoms with Crippen LogP contribution in [0.2, 0.25) is 0 Å². The molecule has 1 heterocycles. The van der Waals surface area contributed by atoms with Crippen molar-refractivity contribution in [2.45, 2.75) is 25.3 Å². The zero-order chi connectivity index (χ0) is 14.9. The van der Waals surface area contributed by atoms with Crippen molar-refractivity contribution in [3.63, 3.8) is 0 Å². The molecule has 0 spiro atoms. The van der Waals surface area contributed by atoms with Crippen LogP contribution < -0.4 is 5.32 Å². The number of nitrogens with one attached hydrogen (secondary N) is 1. The summed E-state index contributed by atoms with van der Waals surface area (Å²) in [5.41, 5.74) is 4.46. The number of anilines is 1. The molecular formula is C15H20N2O2S. The molecule has 0 atom stereocenters. The van der Waals surface area contributed by atoms with Crippen molar-refractivity contribution < 1.29 is 8.42 Å². The molecule has 0 aliphatic carbocycles. The van der Waals surface area contributed by atoms with Gasteiger partial charge in [0.2, 0.25) is 0 Å². The molecule has 5 heteroatoms. The molecule has 20 heavy (non-hydrogen) atoms. The van der Waals surface area contributed by atoms with Crippen LogP contribution >= 0.6 is 0 Å². The van der Waals surface area contributed by atoms with Crippen LogP contribution in [0, 0.1) is 13.8 Å². The van der Waals surface area contributed by atoms with E-state index in [4.69, 9.17) is 0 Å². The fraction of sp³-hybridized carbons (Fsp3) is 0.333. The van der Waals surface area contributed by atoms with E-state index in [1.807, 2.05) is 13.1 Å². The SMILES string of the molecule is Cc1cc(CNc2cccc(S(C)(=O)=O)c2)c(C)n1C. The second-order valence-electron chi connectivity index (χ2n) is 5.11. The van der Waals surface area contributed by atoms with Crippen molar-refractivity contribution in [2.24, 2.45) is 7.05 Å². The maximum atomic E-state index is 11.5. The summed E-state index contributed by atoms with van der Waals surface area (Å²) in [6.45, 7) is 4.83. The van der Waals surface area contributed by atoms with Crippen LogP contribution in [0.5, 0.6) is 0 Å². The summed E-state index contributed by atoms with van der Waals surface area (Å²) in [6, 6.07) is 9.04. The third-order valence-corrected chi connectivity index (χ3v) is 4.74. The summed E-state index contributed by atoms with van der Waals surface area (Å²) in [5.74, 6) is 0. The minimum absolute atomic E-state index is 0.337. The number of benzene rings is 1. The highest BCUT2D eigenvalue weighted by atomic mass is 32.2. The molecule has 1 N–H and O–H groups in total. The first kappa shape index (κ1) is 14.7. The highest BCUT2D eigenvalue weighted by Gasteiger charge is 2.08. The van der Waals surface area contributed by atoms with Gasteiger partial charge < -0.3 is 9.88 Å². The lowest BCUT2D eigenvalue weighted by atomic mass is 10.2. The summed E-state index contributed by atoms with van der Waals surface area (Å²) >= 11 is 0. The Labute approximate surface area is 120 Å². The number of aryl methyl sites for hydroxylation is 1. The molecule has 0 aliphatic rings. The van der Waals surface area contributed by atoms with E-state index in [9.17, 15) is 8.42 Å². The fourth-order valence-electron chi connectivity index (χ4n) is 2.15. The van der Waals surface area contributed by atoms with Gasteiger partial charge in [0.15, 0.2) is 9.84 Å². The summed E-state index contributed by atoms with van der Waals surface area (Å²) in [6.07, 6.45) is 1.22. The lowest BCUT2D eigenvalue weighted by Gasteiger charge is -2.08. The summed E-state index contributed by atoms with van der Waals surface area (Å²) in [5, 5.41) is 3.28. The Hall–Kier alpha value is -1.75. The lowest BCUT2D eigenvalue weighted by Crippen LogP contribution is -2.03. The maximum absolute atomic E-state index is 11.5. The Morgan fingerprint density at radius 3 is 2.45 bits per heavy atom. The molecule has 2 aromatic rings. The van der Waals surface area contributed by atoms with Crippen molar-refractivity contribution in [3.8, 4) is 0 Å². The largest absolute Gasteiger partial charge is 0.381 e. The van der Waals surface area contributed by atoms with Gasteiger partial charge in [-0.25, -0.2) is 8.42 Å². The van der Waals surface area contributed by atoms with Gasteiger partial charge in [-0.1, -0.05) is 6.07 Å². The third kappa shape index (κ3) is 3.04. The first-order valence-corrected chi connectivity index (χ1v) is 8.34. The molecule has 0 bridgehead atoms. The number of sulfone groups is 1. The van der Waals surface area contributed by atoms with Crippen molar-refractivity contribution in [3.05, 3.63) is 47.3 Å². The van der Waals surface area contributed by atoms with Gasteiger partial charge in [0.25, 0.3) is 0 Å². The van der Waals surface area contributed by atoms with Crippen LogP contribution in [0.3, 0.4) is 0 Å². The minimum atomic E-state index is -3.16. The molecule has 0 amide bonds. The molecule has 0 saturated heterocycles. The van der Waals surface area contributed by atoms with Gasteiger partial charge in [-0.2, -0.15) is 0 Å². The Balaban J connectivity index is 2.17. The number of aromatic nitrogens is 1. The van der Waals surface area contributed by atoms with Crippen LogP contribution in [0.15, 0.2) is 35.2 Å². The second kappa shape index (κ2) is 5.32. The lowest BCUT2D eigenvalue weighted by molar-refractivity contribution is 0.602. The summed E-state index contributed by atoms with van der Waals surface area (Å²) < 4.78 is 25.2. The Morgan fingerprint density at radius 1 is 1.20 bits per heavy atom. The van der Waals surface area contributed by atoms with E-state index in [0.717, 1.165) is 5.69 Å². The third-order valence-electron chi connectivity index (χ3n) is 3.63. The topological polar surface area (TPSA) is 51.1 Å². The number of hydrogen-bond acceptors (Lipinski definition) is 3. The fourth-order valence-corrected chi connectivity index (χ4v) is 2.81. The number of rotatable bonds is 4. The smallest absolute Gasteiger partial charge is 0.175 e. The standard InChI is InChI=1S/C15H20N2O2S/c1-11-8-13(12(2)17(11)3)10-16-14-6-5-7-15(9-14)20(4,18)19/h5-9,16H,10H2,1-4H3. The van der Waals surface area contributed by atoms with E-state index >= 15 is 0 Å². The van der Waals surface area contributed by atoms with Crippen LogP contribution in [0.1, 0.15) is 17.0 Å². The summed E-state index contributed by atoms with van der Waals surface area (Å²) in [7, 11) is -1.12. The monoisotopic (exact) mass is 292 g/mol. The average molecular weight is 292 g/mol. The average Bonchev–Trinajstić information content (AvgIpc) is 2.63. The van der Waals surface area contributed by atoms with Gasteiger partial charge in [0.05, 0.1) is 4.90 Å². The zero-order valence-electron chi connectivity index (χ0n) is 12.3. The molecule has 0 saturated carbocycles. The van der Waals surface area contributed by atoms with Crippen molar-refractivity contribution in [1.29, 1.82) is 0 Å².